The third-order valence-electron chi connectivity index (χ3n) is 4.50. The predicted molar refractivity (Wildman–Crippen MR) is 113 cm³/mol. The zero-order valence-corrected chi connectivity index (χ0v) is 16.1. The molecule has 0 fully saturated rings. The lowest BCUT2D eigenvalue weighted by molar-refractivity contribution is -0.115. The molecule has 1 N–H and O–H groups in total. The largest absolute Gasteiger partial charge is 0.302 e. The van der Waals surface area contributed by atoms with Crippen molar-refractivity contribution in [2.75, 3.05) is 5.32 Å². The molecular formula is C23H20N2OS. The Morgan fingerprint density at radius 1 is 0.963 bits per heavy atom. The quantitative estimate of drug-likeness (QED) is 0.495. The molecular weight excluding hydrogens is 352 g/mol. The number of thiazole rings is 1. The van der Waals surface area contributed by atoms with Crippen LogP contribution < -0.4 is 5.32 Å². The molecule has 1 aromatic heterocycles. The Balaban J connectivity index is 1.46. The van der Waals surface area contributed by atoms with Crippen molar-refractivity contribution in [1.82, 2.24) is 4.98 Å². The fourth-order valence-electron chi connectivity index (χ4n) is 3.22. The zero-order valence-electron chi connectivity index (χ0n) is 15.3. The first kappa shape index (κ1) is 17.4. The molecule has 0 bridgehead atoms. The number of nitrogens with one attached hydrogen (secondary N) is 1. The second kappa shape index (κ2) is 7.33. The molecule has 3 aromatic carbocycles. The Labute approximate surface area is 162 Å². The monoisotopic (exact) mass is 372 g/mol. The summed E-state index contributed by atoms with van der Waals surface area (Å²) in [6.07, 6.45) is 0.336. The Morgan fingerprint density at radius 2 is 1.67 bits per heavy atom. The van der Waals surface area contributed by atoms with Crippen molar-refractivity contribution in [1.29, 1.82) is 0 Å². The molecule has 27 heavy (non-hydrogen) atoms. The lowest BCUT2D eigenvalue weighted by Gasteiger charge is -2.05. The number of carbonyl (C=O) groups excluding carboxylic acids is 1. The number of benzene rings is 3. The molecule has 4 heteroatoms. The molecule has 0 saturated heterocycles. The summed E-state index contributed by atoms with van der Waals surface area (Å²) in [7, 11) is 0. The van der Waals surface area contributed by atoms with E-state index in [0.717, 1.165) is 26.9 Å². The van der Waals surface area contributed by atoms with Crippen LogP contribution in [0.2, 0.25) is 0 Å². The summed E-state index contributed by atoms with van der Waals surface area (Å²) in [5.74, 6) is -0.0455. The molecule has 1 amide bonds. The summed E-state index contributed by atoms with van der Waals surface area (Å²) in [5.41, 5.74) is 6.62. The maximum atomic E-state index is 12.4. The van der Waals surface area contributed by atoms with E-state index in [1.165, 1.54) is 22.5 Å². The van der Waals surface area contributed by atoms with Crippen LogP contribution in [0.15, 0.2) is 66.7 Å². The van der Waals surface area contributed by atoms with Gasteiger partial charge in [-0.15, -0.1) is 0 Å². The number of carbonyl (C=O) groups is 1. The van der Waals surface area contributed by atoms with E-state index in [0.29, 0.717) is 11.6 Å². The minimum atomic E-state index is -0.0455. The highest BCUT2D eigenvalue weighted by atomic mass is 32.1. The minimum Gasteiger partial charge on any atom is -0.302 e. The van der Waals surface area contributed by atoms with Crippen LogP contribution in [0.5, 0.6) is 0 Å². The molecule has 3 nitrogen and oxygen atoms in total. The molecule has 4 rings (SSSR count). The van der Waals surface area contributed by atoms with Gasteiger partial charge < -0.3 is 5.32 Å². The Morgan fingerprint density at radius 3 is 2.41 bits per heavy atom. The van der Waals surface area contributed by atoms with Gasteiger partial charge in [-0.3, -0.25) is 4.79 Å². The number of amides is 1. The van der Waals surface area contributed by atoms with Crippen molar-refractivity contribution in [2.24, 2.45) is 0 Å². The van der Waals surface area contributed by atoms with E-state index in [4.69, 9.17) is 0 Å². The van der Waals surface area contributed by atoms with Crippen LogP contribution in [-0.4, -0.2) is 10.9 Å². The van der Waals surface area contributed by atoms with Crippen LogP contribution in [0.4, 0.5) is 5.13 Å². The van der Waals surface area contributed by atoms with Crippen LogP contribution in [0.25, 0.3) is 21.3 Å². The summed E-state index contributed by atoms with van der Waals surface area (Å²) < 4.78 is 1.11. The van der Waals surface area contributed by atoms with Crippen molar-refractivity contribution in [3.8, 4) is 11.1 Å². The third-order valence-corrected chi connectivity index (χ3v) is 5.42. The number of fused-ring (bicyclic) bond motifs is 1. The van der Waals surface area contributed by atoms with Crippen LogP contribution in [0.3, 0.4) is 0 Å². The highest BCUT2D eigenvalue weighted by Crippen LogP contribution is 2.29. The average Bonchev–Trinajstić information content (AvgIpc) is 3.05. The fourth-order valence-corrected chi connectivity index (χ4v) is 4.28. The average molecular weight is 372 g/mol. The van der Waals surface area contributed by atoms with E-state index in [-0.39, 0.29) is 5.91 Å². The molecule has 0 aliphatic heterocycles. The first-order chi connectivity index (χ1) is 13.1. The second-order valence-corrected chi connectivity index (χ2v) is 7.77. The maximum Gasteiger partial charge on any atom is 0.230 e. The van der Waals surface area contributed by atoms with E-state index in [1.807, 2.05) is 30.3 Å². The number of hydrogen-bond donors (Lipinski definition) is 1. The van der Waals surface area contributed by atoms with Crippen LogP contribution >= 0.6 is 11.3 Å². The molecule has 0 atom stereocenters. The fraction of sp³-hybridized carbons (Fsp3) is 0.130. The summed E-state index contributed by atoms with van der Waals surface area (Å²) in [6.45, 7) is 4.12. The number of aromatic nitrogens is 1. The maximum absolute atomic E-state index is 12.4. The van der Waals surface area contributed by atoms with Crippen molar-refractivity contribution >= 4 is 32.6 Å². The predicted octanol–water partition coefficient (Wildman–Crippen LogP) is 5.76. The molecule has 0 saturated carbocycles. The topological polar surface area (TPSA) is 42.0 Å². The third kappa shape index (κ3) is 3.91. The standard InChI is InChI=1S/C23H20N2OS/c1-15-12-16(2)22-20(13-15)27-23(25-22)24-21(26)14-17-8-10-19(11-9-17)18-6-4-3-5-7-18/h3-13H,14H2,1-2H3,(H,24,25,26). The molecule has 1 heterocycles. The van der Waals surface area contributed by atoms with Crippen LogP contribution in [-0.2, 0) is 11.2 Å². The van der Waals surface area contributed by atoms with Crippen LogP contribution in [0.1, 0.15) is 16.7 Å². The molecule has 0 radical (unpaired) electrons. The minimum absolute atomic E-state index is 0.0455. The van der Waals surface area contributed by atoms with Crippen molar-refractivity contribution in [2.45, 2.75) is 20.3 Å². The highest BCUT2D eigenvalue weighted by molar-refractivity contribution is 7.22. The van der Waals surface area contributed by atoms with Gasteiger partial charge in [-0.2, -0.15) is 0 Å². The summed E-state index contributed by atoms with van der Waals surface area (Å²) >= 11 is 1.52. The summed E-state index contributed by atoms with van der Waals surface area (Å²) in [5, 5.41) is 3.60. The molecule has 0 spiro atoms. The number of aryl methyl sites for hydroxylation is 2. The van der Waals surface area contributed by atoms with E-state index in [9.17, 15) is 4.79 Å². The highest BCUT2D eigenvalue weighted by Gasteiger charge is 2.10. The van der Waals surface area contributed by atoms with E-state index in [2.05, 4.69) is 60.5 Å². The number of rotatable bonds is 4. The molecule has 0 aliphatic carbocycles. The smallest absolute Gasteiger partial charge is 0.230 e. The van der Waals surface area contributed by atoms with Gasteiger partial charge in [0, 0.05) is 0 Å². The Hall–Kier alpha value is -2.98. The van der Waals surface area contributed by atoms with Gasteiger partial charge in [0.25, 0.3) is 0 Å². The lowest BCUT2D eigenvalue weighted by atomic mass is 10.0. The van der Waals surface area contributed by atoms with Crippen molar-refractivity contribution < 1.29 is 4.79 Å². The van der Waals surface area contributed by atoms with Gasteiger partial charge in [-0.25, -0.2) is 4.98 Å². The van der Waals surface area contributed by atoms with E-state index >= 15 is 0 Å². The number of hydrogen-bond acceptors (Lipinski definition) is 3. The Kier molecular flexibility index (Phi) is 4.73. The van der Waals surface area contributed by atoms with Gasteiger partial charge in [-0.1, -0.05) is 72.0 Å². The number of anilines is 1. The van der Waals surface area contributed by atoms with Crippen LogP contribution in [0, 0.1) is 13.8 Å². The molecule has 0 aliphatic rings. The van der Waals surface area contributed by atoms with Gasteiger partial charge in [0.2, 0.25) is 5.91 Å². The van der Waals surface area contributed by atoms with Gasteiger partial charge >= 0.3 is 0 Å². The number of nitrogens with zero attached hydrogens (tertiary/aromatic N) is 1. The van der Waals surface area contributed by atoms with Gasteiger partial charge in [0.05, 0.1) is 16.6 Å². The molecule has 4 aromatic rings. The van der Waals surface area contributed by atoms with Gasteiger partial charge in [-0.05, 0) is 47.7 Å². The summed E-state index contributed by atoms with van der Waals surface area (Å²) in [6, 6.07) is 22.6. The molecule has 134 valence electrons. The van der Waals surface area contributed by atoms with Crippen molar-refractivity contribution in [3.05, 3.63) is 83.4 Å². The zero-order chi connectivity index (χ0) is 18.8. The summed E-state index contributed by atoms with van der Waals surface area (Å²) in [4.78, 5) is 17.0. The normalized spacial score (nSPS) is 10.9. The van der Waals surface area contributed by atoms with Gasteiger partial charge in [0.1, 0.15) is 0 Å². The van der Waals surface area contributed by atoms with Gasteiger partial charge in [0.15, 0.2) is 5.13 Å². The Bertz CT molecular complexity index is 1100. The second-order valence-electron chi connectivity index (χ2n) is 6.74. The van der Waals surface area contributed by atoms with Crippen molar-refractivity contribution in [3.63, 3.8) is 0 Å². The van der Waals surface area contributed by atoms with E-state index < -0.39 is 0 Å². The van der Waals surface area contributed by atoms with E-state index in [1.54, 1.807) is 0 Å². The molecule has 0 unspecified atom stereocenters. The first-order valence-corrected chi connectivity index (χ1v) is 9.72. The SMILES string of the molecule is Cc1cc(C)c2nc(NC(=O)Cc3ccc(-c4ccccc4)cc3)sc2c1. The first-order valence-electron chi connectivity index (χ1n) is 8.90. The lowest BCUT2D eigenvalue weighted by Crippen LogP contribution is -2.14.